The summed E-state index contributed by atoms with van der Waals surface area (Å²) in [5.41, 5.74) is 2.38. The molecule has 0 spiro atoms. The van der Waals surface area contributed by atoms with Gasteiger partial charge >= 0.3 is 0 Å². The van der Waals surface area contributed by atoms with Gasteiger partial charge in [0.15, 0.2) is 0 Å². The van der Waals surface area contributed by atoms with Crippen LogP contribution in [0.15, 0.2) is 67.0 Å². The number of carbonyl (C=O) groups excluding carboxylic acids is 1. The predicted molar refractivity (Wildman–Crippen MR) is 105 cm³/mol. The number of rotatable bonds is 4. The molecule has 0 radical (unpaired) electrons. The van der Waals surface area contributed by atoms with Crippen molar-refractivity contribution in [3.63, 3.8) is 0 Å². The van der Waals surface area contributed by atoms with Crippen molar-refractivity contribution in [2.45, 2.75) is 0 Å². The van der Waals surface area contributed by atoms with E-state index in [9.17, 15) is 14.9 Å². The molecule has 1 aliphatic rings. The molecule has 0 saturated carbocycles. The van der Waals surface area contributed by atoms with Crippen LogP contribution in [0.4, 0.5) is 11.4 Å². The van der Waals surface area contributed by atoms with Crippen molar-refractivity contribution < 1.29 is 9.72 Å². The zero-order valence-corrected chi connectivity index (χ0v) is 15.1. The number of anilines is 1. The molecule has 1 fully saturated rings. The SMILES string of the molecule is O=C(c1ccccc1-n1cccn1)N1CCN(c2ccc([N+](=O)[O-])cc2)CC1. The van der Waals surface area contributed by atoms with Crippen LogP contribution in [0.1, 0.15) is 10.4 Å². The second-order valence-electron chi connectivity index (χ2n) is 6.52. The summed E-state index contributed by atoms with van der Waals surface area (Å²) in [6.07, 6.45) is 3.50. The molecule has 2 aromatic carbocycles. The lowest BCUT2D eigenvalue weighted by atomic mass is 10.1. The van der Waals surface area contributed by atoms with E-state index >= 15 is 0 Å². The third-order valence-electron chi connectivity index (χ3n) is 4.88. The molecule has 0 aliphatic carbocycles. The average Bonchev–Trinajstić information content (AvgIpc) is 3.28. The zero-order chi connectivity index (χ0) is 19.5. The highest BCUT2D eigenvalue weighted by Gasteiger charge is 2.24. The maximum absolute atomic E-state index is 13.1. The van der Waals surface area contributed by atoms with Gasteiger partial charge < -0.3 is 9.80 Å². The summed E-state index contributed by atoms with van der Waals surface area (Å²) in [6.45, 7) is 2.52. The minimum atomic E-state index is -0.405. The summed E-state index contributed by atoms with van der Waals surface area (Å²) in [5.74, 6) is -0.0190. The van der Waals surface area contributed by atoms with Crippen molar-refractivity contribution in [2.75, 3.05) is 31.1 Å². The summed E-state index contributed by atoms with van der Waals surface area (Å²) < 4.78 is 1.69. The first kappa shape index (κ1) is 17.7. The number of para-hydroxylation sites is 1. The van der Waals surface area contributed by atoms with Crippen molar-refractivity contribution in [1.82, 2.24) is 14.7 Å². The third-order valence-corrected chi connectivity index (χ3v) is 4.88. The fraction of sp³-hybridized carbons (Fsp3) is 0.200. The van der Waals surface area contributed by atoms with E-state index in [1.165, 1.54) is 12.1 Å². The minimum absolute atomic E-state index is 0.0190. The van der Waals surface area contributed by atoms with Crippen LogP contribution >= 0.6 is 0 Å². The number of carbonyl (C=O) groups is 1. The smallest absolute Gasteiger partial charge is 0.269 e. The van der Waals surface area contributed by atoms with Gasteiger partial charge in [0, 0.05) is 56.4 Å². The van der Waals surface area contributed by atoms with Crippen LogP contribution in [0.25, 0.3) is 5.69 Å². The van der Waals surface area contributed by atoms with Crippen LogP contribution in [0.5, 0.6) is 0 Å². The number of nitrogens with zero attached hydrogens (tertiary/aromatic N) is 5. The van der Waals surface area contributed by atoms with Gasteiger partial charge in [-0.05, 0) is 30.3 Å². The van der Waals surface area contributed by atoms with Gasteiger partial charge in [0.25, 0.3) is 11.6 Å². The molecule has 3 aromatic rings. The maximum Gasteiger partial charge on any atom is 0.269 e. The van der Waals surface area contributed by atoms with Gasteiger partial charge in [-0.25, -0.2) is 4.68 Å². The number of nitro groups is 1. The Morgan fingerprint density at radius 3 is 2.32 bits per heavy atom. The summed E-state index contributed by atoms with van der Waals surface area (Å²) in [7, 11) is 0. The number of aromatic nitrogens is 2. The second-order valence-corrected chi connectivity index (χ2v) is 6.52. The Balaban J connectivity index is 1.46. The lowest BCUT2D eigenvalue weighted by Crippen LogP contribution is -2.49. The number of non-ortho nitro benzene ring substituents is 1. The van der Waals surface area contributed by atoms with Gasteiger partial charge in [0.05, 0.1) is 16.2 Å². The Hall–Kier alpha value is -3.68. The molecule has 8 nitrogen and oxygen atoms in total. The van der Waals surface area contributed by atoms with Crippen molar-refractivity contribution in [3.8, 4) is 5.69 Å². The Bertz CT molecular complexity index is 977. The minimum Gasteiger partial charge on any atom is -0.368 e. The van der Waals surface area contributed by atoms with E-state index in [-0.39, 0.29) is 11.6 Å². The van der Waals surface area contributed by atoms with Gasteiger partial charge in [0.1, 0.15) is 0 Å². The molecule has 0 unspecified atom stereocenters. The first-order valence-electron chi connectivity index (χ1n) is 9.01. The second kappa shape index (κ2) is 7.51. The molecule has 1 saturated heterocycles. The number of nitro benzene ring substituents is 1. The Morgan fingerprint density at radius 1 is 0.964 bits per heavy atom. The van der Waals surface area contributed by atoms with E-state index in [0.29, 0.717) is 31.7 Å². The van der Waals surface area contributed by atoms with Crippen LogP contribution in [0.2, 0.25) is 0 Å². The summed E-state index contributed by atoms with van der Waals surface area (Å²) >= 11 is 0. The monoisotopic (exact) mass is 377 g/mol. The first-order valence-corrected chi connectivity index (χ1v) is 9.01. The molecule has 142 valence electrons. The molecule has 28 heavy (non-hydrogen) atoms. The Kier molecular flexibility index (Phi) is 4.76. The van der Waals surface area contributed by atoms with E-state index in [1.54, 1.807) is 23.0 Å². The summed E-state index contributed by atoms with van der Waals surface area (Å²) in [6, 6.07) is 15.8. The van der Waals surface area contributed by atoms with Gasteiger partial charge in [-0.2, -0.15) is 5.10 Å². The molecule has 2 heterocycles. The largest absolute Gasteiger partial charge is 0.368 e. The predicted octanol–water partition coefficient (Wildman–Crippen LogP) is 2.74. The molecule has 4 rings (SSSR count). The lowest BCUT2D eigenvalue weighted by molar-refractivity contribution is -0.384. The number of amides is 1. The standard InChI is InChI=1S/C20H19N5O3/c26-20(18-4-1-2-5-19(18)24-11-3-10-21-24)23-14-12-22(13-15-23)16-6-8-17(9-7-16)25(27)28/h1-11H,12-15H2. The van der Waals surface area contributed by atoms with Crippen molar-refractivity contribution in [1.29, 1.82) is 0 Å². The molecular weight excluding hydrogens is 358 g/mol. The number of piperazine rings is 1. The molecule has 8 heteroatoms. The normalized spacial score (nSPS) is 14.1. The molecule has 0 N–H and O–H groups in total. The molecule has 0 bridgehead atoms. The van der Waals surface area contributed by atoms with E-state index < -0.39 is 4.92 Å². The molecular formula is C20H19N5O3. The lowest BCUT2D eigenvalue weighted by Gasteiger charge is -2.36. The highest BCUT2D eigenvalue weighted by Crippen LogP contribution is 2.22. The van der Waals surface area contributed by atoms with Gasteiger partial charge in [-0.15, -0.1) is 0 Å². The van der Waals surface area contributed by atoms with E-state index in [0.717, 1.165) is 11.4 Å². The van der Waals surface area contributed by atoms with E-state index in [4.69, 9.17) is 0 Å². The molecule has 0 atom stereocenters. The molecule has 1 aromatic heterocycles. The van der Waals surface area contributed by atoms with E-state index in [1.807, 2.05) is 41.4 Å². The van der Waals surface area contributed by atoms with Crippen LogP contribution in [0.3, 0.4) is 0 Å². The maximum atomic E-state index is 13.1. The van der Waals surface area contributed by atoms with Crippen molar-refractivity contribution in [3.05, 3.63) is 82.7 Å². The molecule has 1 amide bonds. The zero-order valence-electron chi connectivity index (χ0n) is 15.1. The van der Waals surface area contributed by atoms with Crippen molar-refractivity contribution >= 4 is 17.3 Å². The van der Waals surface area contributed by atoms with Crippen LogP contribution in [-0.2, 0) is 0 Å². The van der Waals surface area contributed by atoms with Gasteiger partial charge in [-0.1, -0.05) is 12.1 Å². The summed E-state index contributed by atoms with van der Waals surface area (Å²) in [5, 5.41) is 15.0. The highest BCUT2D eigenvalue weighted by atomic mass is 16.6. The van der Waals surface area contributed by atoms with Crippen LogP contribution < -0.4 is 4.90 Å². The van der Waals surface area contributed by atoms with E-state index in [2.05, 4.69) is 10.00 Å². The van der Waals surface area contributed by atoms with Crippen LogP contribution in [0, 0.1) is 10.1 Å². The fourth-order valence-electron chi connectivity index (χ4n) is 3.39. The fourth-order valence-corrected chi connectivity index (χ4v) is 3.39. The third kappa shape index (κ3) is 3.44. The molecule has 1 aliphatic heterocycles. The Labute approximate surface area is 161 Å². The highest BCUT2D eigenvalue weighted by molar-refractivity contribution is 5.97. The number of hydrogen-bond acceptors (Lipinski definition) is 5. The first-order chi connectivity index (χ1) is 13.6. The average molecular weight is 377 g/mol. The van der Waals surface area contributed by atoms with Crippen molar-refractivity contribution in [2.24, 2.45) is 0 Å². The summed E-state index contributed by atoms with van der Waals surface area (Å²) in [4.78, 5) is 27.4. The quantitative estimate of drug-likeness (QED) is 0.516. The van der Waals surface area contributed by atoms with Gasteiger partial charge in [-0.3, -0.25) is 14.9 Å². The van der Waals surface area contributed by atoms with Crippen LogP contribution in [-0.4, -0.2) is 51.7 Å². The number of hydrogen-bond donors (Lipinski definition) is 0. The Morgan fingerprint density at radius 2 is 1.68 bits per heavy atom. The van der Waals surface area contributed by atoms with Gasteiger partial charge in [0.2, 0.25) is 0 Å². The number of benzene rings is 2. The topological polar surface area (TPSA) is 84.5 Å².